The van der Waals surface area contributed by atoms with Crippen LogP contribution in [0.1, 0.15) is 37.7 Å². The first-order chi connectivity index (χ1) is 8.86. The van der Waals surface area contributed by atoms with Crippen LogP contribution in [0.5, 0.6) is 0 Å². The van der Waals surface area contributed by atoms with Crippen molar-refractivity contribution in [2.75, 3.05) is 31.5 Å². The van der Waals surface area contributed by atoms with E-state index < -0.39 is 0 Å². The molecule has 1 saturated heterocycles. The molecule has 0 radical (unpaired) electrons. The summed E-state index contributed by atoms with van der Waals surface area (Å²) in [6.07, 6.45) is 4.17. The SMILES string of the molecule is CCC1CCCN(CC2CNc3ccccc32)C1. The molecule has 98 valence electrons. The number of piperidine rings is 1. The molecule has 1 aromatic carbocycles. The van der Waals surface area contributed by atoms with E-state index in [9.17, 15) is 0 Å². The molecule has 1 aromatic rings. The van der Waals surface area contributed by atoms with Gasteiger partial charge in [0.25, 0.3) is 0 Å². The Morgan fingerprint density at radius 1 is 1.33 bits per heavy atom. The molecule has 18 heavy (non-hydrogen) atoms. The maximum Gasteiger partial charge on any atom is 0.0376 e. The average Bonchev–Trinajstić information content (AvgIpc) is 2.83. The number of hydrogen-bond acceptors (Lipinski definition) is 2. The van der Waals surface area contributed by atoms with Gasteiger partial charge in [-0.2, -0.15) is 0 Å². The Morgan fingerprint density at radius 2 is 2.22 bits per heavy atom. The van der Waals surface area contributed by atoms with Crippen molar-refractivity contribution in [3.05, 3.63) is 29.8 Å². The van der Waals surface area contributed by atoms with Crippen molar-refractivity contribution in [1.29, 1.82) is 0 Å². The van der Waals surface area contributed by atoms with Crippen molar-refractivity contribution in [1.82, 2.24) is 4.90 Å². The zero-order chi connectivity index (χ0) is 12.4. The normalized spacial score (nSPS) is 27.8. The van der Waals surface area contributed by atoms with E-state index in [1.807, 2.05) is 0 Å². The molecule has 2 unspecified atom stereocenters. The molecule has 2 nitrogen and oxygen atoms in total. The number of fused-ring (bicyclic) bond motifs is 1. The van der Waals surface area contributed by atoms with Crippen molar-refractivity contribution in [3.8, 4) is 0 Å². The van der Waals surface area contributed by atoms with Crippen LogP contribution in [0.3, 0.4) is 0 Å². The van der Waals surface area contributed by atoms with Gasteiger partial charge in [-0.3, -0.25) is 0 Å². The van der Waals surface area contributed by atoms with Crippen molar-refractivity contribution in [3.63, 3.8) is 0 Å². The van der Waals surface area contributed by atoms with E-state index in [0.717, 1.165) is 12.5 Å². The number of rotatable bonds is 3. The number of anilines is 1. The zero-order valence-corrected chi connectivity index (χ0v) is 11.4. The minimum Gasteiger partial charge on any atom is -0.384 e. The summed E-state index contributed by atoms with van der Waals surface area (Å²) in [6, 6.07) is 8.80. The molecule has 3 rings (SSSR count). The van der Waals surface area contributed by atoms with Gasteiger partial charge in [0, 0.05) is 31.2 Å². The van der Waals surface area contributed by atoms with Crippen LogP contribution < -0.4 is 5.32 Å². The molecule has 1 fully saturated rings. The first-order valence-electron chi connectivity index (χ1n) is 7.42. The van der Waals surface area contributed by atoms with E-state index in [-0.39, 0.29) is 0 Å². The fraction of sp³-hybridized carbons (Fsp3) is 0.625. The van der Waals surface area contributed by atoms with Gasteiger partial charge in [0.1, 0.15) is 0 Å². The lowest BCUT2D eigenvalue weighted by atomic mass is 9.93. The Balaban J connectivity index is 1.64. The lowest BCUT2D eigenvalue weighted by molar-refractivity contribution is 0.165. The van der Waals surface area contributed by atoms with Gasteiger partial charge >= 0.3 is 0 Å². The Morgan fingerprint density at radius 3 is 3.11 bits per heavy atom. The molecule has 0 saturated carbocycles. The molecule has 2 heteroatoms. The highest BCUT2D eigenvalue weighted by Crippen LogP contribution is 2.32. The molecule has 2 atom stereocenters. The summed E-state index contributed by atoms with van der Waals surface area (Å²) >= 11 is 0. The molecule has 2 aliphatic rings. The van der Waals surface area contributed by atoms with Crippen molar-refractivity contribution < 1.29 is 0 Å². The third-order valence-electron chi connectivity index (χ3n) is 4.60. The highest BCUT2D eigenvalue weighted by atomic mass is 15.1. The van der Waals surface area contributed by atoms with Crippen LogP contribution in [0.2, 0.25) is 0 Å². The minimum absolute atomic E-state index is 0.691. The van der Waals surface area contributed by atoms with Gasteiger partial charge in [-0.05, 0) is 36.9 Å². The molecule has 1 N–H and O–H groups in total. The van der Waals surface area contributed by atoms with Crippen molar-refractivity contribution in [2.24, 2.45) is 5.92 Å². The molecular formula is C16H24N2. The van der Waals surface area contributed by atoms with E-state index >= 15 is 0 Å². The van der Waals surface area contributed by atoms with E-state index in [0.29, 0.717) is 5.92 Å². The second-order valence-electron chi connectivity index (χ2n) is 5.84. The lowest BCUT2D eigenvalue weighted by Gasteiger charge is -2.33. The predicted octanol–water partition coefficient (Wildman–Crippen LogP) is 3.32. The molecular weight excluding hydrogens is 220 g/mol. The summed E-state index contributed by atoms with van der Waals surface area (Å²) in [5.74, 6) is 1.63. The highest BCUT2D eigenvalue weighted by molar-refractivity contribution is 5.57. The van der Waals surface area contributed by atoms with E-state index in [1.165, 1.54) is 50.1 Å². The molecule has 2 aliphatic heterocycles. The Kier molecular flexibility index (Phi) is 3.55. The average molecular weight is 244 g/mol. The largest absolute Gasteiger partial charge is 0.384 e. The Bertz CT molecular complexity index is 402. The van der Waals surface area contributed by atoms with E-state index in [2.05, 4.69) is 41.4 Å². The first-order valence-corrected chi connectivity index (χ1v) is 7.42. The molecule has 0 spiro atoms. The zero-order valence-electron chi connectivity index (χ0n) is 11.4. The van der Waals surface area contributed by atoms with Crippen LogP contribution in [-0.2, 0) is 0 Å². The fourth-order valence-corrected chi connectivity index (χ4v) is 3.48. The maximum atomic E-state index is 3.54. The number of nitrogens with zero attached hydrogens (tertiary/aromatic N) is 1. The predicted molar refractivity (Wildman–Crippen MR) is 77.1 cm³/mol. The summed E-state index contributed by atoms with van der Waals surface area (Å²) in [7, 11) is 0. The van der Waals surface area contributed by atoms with Gasteiger partial charge in [-0.1, -0.05) is 31.5 Å². The van der Waals surface area contributed by atoms with Gasteiger partial charge in [0.15, 0.2) is 0 Å². The van der Waals surface area contributed by atoms with Gasteiger partial charge in [0.05, 0.1) is 0 Å². The topological polar surface area (TPSA) is 15.3 Å². The van der Waals surface area contributed by atoms with Gasteiger partial charge in [-0.25, -0.2) is 0 Å². The summed E-state index contributed by atoms with van der Waals surface area (Å²) in [5.41, 5.74) is 2.88. The van der Waals surface area contributed by atoms with Crippen LogP contribution in [0.25, 0.3) is 0 Å². The Labute approximate surface area is 110 Å². The number of hydrogen-bond donors (Lipinski definition) is 1. The second kappa shape index (κ2) is 5.31. The maximum absolute atomic E-state index is 3.54. The van der Waals surface area contributed by atoms with Crippen LogP contribution in [0.4, 0.5) is 5.69 Å². The lowest BCUT2D eigenvalue weighted by Crippen LogP contribution is -2.38. The van der Waals surface area contributed by atoms with Crippen LogP contribution >= 0.6 is 0 Å². The molecule has 0 bridgehead atoms. The van der Waals surface area contributed by atoms with Crippen LogP contribution in [0.15, 0.2) is 24.3 Å². The van der Waals surface area contributed by atoms with Crippen LogP contribution in [0, 0.1) is 5.92 Å². The second-order valence-corrected chi connectivity index (χ2v) is 5.84. The third kappa shape index (κ3) is 2.39. The van der Waals surface area contributed by atoms with E-state index in [1.54, 1.807) is 0 Å². The number of nitrogens with one attached hydrogen (secondary N) is 1. The summed E-state index contributed by atoms with van der Waals surface area (Å²) in [4.78, 5) is 2.69. The molecule has 2 heterocycles. The summed E-state index contributed by atoms with van der Waals surface area (Å²) < 4.78 is 0. The highest BCUT2D eigenvalue weighted by Gasteiger charge is 2.26. The summed E-state index contributed by atoms with van der Waals surface area (Å²) in [5, 5.41) is 3.54. The van der Waals surface area contributed by atoms with Gasteiger partial charge < -0.3 is 10.2 Å². The van der Waals surface area contributed by atoms with Gasteiger partial charge in [0.2, 0.25) is 0 Å². The van der Waals surface area contributed by atoms with Crippen LogP contribution in [-0.4, -0.2) is 31.1 Å². The fourth-order valence-electron chi connectivity index (χ4n) is 3.48. The quantitative estimate of drug-likeness (QED) is 0.877. The standard InChI is InChI=1S/C16H24N2/c1-2-13-6-5-9-18(11-13)12-14-10-17-16-8-4-3-7-15(14)16/h3-4,7-8,13-14,17H,2,5-6,9-12H2,1H3. The van der Waals surface area contributed by atoms with Crippen molar-refractivity contribution >= 4 is 5.69 Å². The Hall–Kier alpha value is -1.02. The number of likely N-dealkylation sites (tertiary alicyclic amines) is 1. The monoisotopic (exact) mass is 244 g/mol. The molecule has 0 amide bonds. The molecule has 0 aromatic heterocycles. The first kappa shape index (κ1) is 12.0. The number of para-hydroxylation sites is 1. The van der Waals surface area contributed by atoms with Gasteiger partial charge in [-0.15, -0.1) is 0 Å². The number of benzene rings is 1. The minimum atomic E-state index is 0.691. The summed E-state index contributed by atoms with van der Waals surface area (Å²) in [6.45, 7) is 7.30. The van der Waals surface area contributed by atoms with Crippen molar-refractivity contribution in [2.45, 2.75) is 32.1 Å². The smallest absolute Gasteiger partial charge is 0.0376 e. The third-order valence-corrected chi connectivity index (χ3v) is 4.60. The van der Waals surface area contributed by atoms with E-state index in [4.69, 9.17) is 0 Å². The molecule has 0 aliphatic carbocycles.